The Morgan fingerprint density at radius 2 is 2.18 bits per heavy atom. The molecular formula is C12H15N3O2. The van der Waals surface area contributed by atoms with Gasteiger partial charge in [-0.3, -0.25) is 0 Å². The van der Waals surface area contributed by atoms with E-state index in [0.29, 0.717) is 29.9 Å². The first-order valence-electron chi connectivity index (χ1n) is 5.50. The van der Waals surface area contributed by atoms with Crippen LogP contribution in [0.1, 0.15) is 19.7 Å². The van der Waals surface area contributed by atoms with E-state index in [4.69, 9.17) is 4.42 Å². The molecule has 0 fully saturated rings. The first-order valence-corrected chi connectivity index (χ1v) is 5.50. The normalized spacial score (nSPS) is 11.0. The Kier molecular flexibility index (Phi) is 3.39. The van der Waals surface area contributed by atoms with Crippen molar-refractivity contribution in [3.63, 3.8) is 0 Å². The molecule has 0 spiro atoms. The lowest BCUT2D eigenvalue weighted by molar-refractivity contribution is 0.457. The van der Waals surface area contributed by atoms with Crippen LogP contribution in [0.2, 0.25) is 0 Å². The fraction of sp³-hybridized carbons (Fsp3) is 0.333. The monoisotopic (exact) mass is 233 g/mol. The standard InChI is InChI=1S/C12H15N3O2/c1-8(2)13-7-11-14-15-12(17-11)9-4-3-5-10(16)6-9/h3-6,8,13,16H,7H2,1-2H3. The van der Waals surface area contributed by atoms with Crippen LogP contribution in [0.25, 0.3) is 11.5 Å². The Hall–Kier alpha value is -1.88. The Labute approximate surface area is 99.5 Å². The molecule has 2 aromatic rings. The average Bonchev–Trinajstić information content (AvgIpc) is 2.75. The molecule has 1 aromatic carbocycles. The molecule has 0 amide bonds. The van der Waals surface area contributed by atoms with Crippen molar-refractivity contribution < 1.29 is 9.52 Å². The highest BCUT2D eigenvalue weighted by molar-refractivity contribution is 5.54. The van der Waals surface area contributed by atoms with Gasteiger partial charge in [-0.05, 0) is 18.2 Å². The van der Waals surface area contributed by atoms with Gasteiger partial charge in [0.1, 0.15) is 5.75 Å². The Bertz CT molecular complexity index is 494. The van der Waals surface area contributed by atoms with Gasteiger partial charge in [0.15, 0.2) is 0 Å². The van der Waals surface area contributed by atoms with E-state index < -0.39 is 0 Å². The van der Waals surface area contributed by atoms with E-state index in [-0.39, 0.29) is 5.75 Å². The first-order chi connectivity index (χ1) is 8.15. The molecule has 0 radical (unpaired) electrons. The van der Waals surface area contributed by atoms with Crippen molar-refractivity contribution in [1.82, 2.24) is 15.5 Å². The van der Waals surface area contributed by atoms with Crippen LogP contribution < -0.4 is 5.32 Å². The van der Waals surface area contributed by atoms with Crippen LogP contribution in [0.15, 0.2) is 28.7 Å². The van der Waals surface area contributed by atoms with Gasteiger partial charge < -0.3 is 14.8 Å². The van der Waals surface area contributed by atoms with Crippen LogP contribution >= 0.6 is 0 Å². The van der Waals surface area contributed by atoms with Crippen molar-refractivity contribution in [2.45, 2.75) is 26.4 Å². The summed E-state index contributed by atoms with van der Waals surface area (Å²) < 4.78 is 5.48. The summed E-state index contributed by atoms with van der Waals surface area (Å²) in [7, 11) is 0. The number of hydrogen-bond acceptors (Lipinski definition) is 5. The van der Waals surface area contributed by atoms with Gasteiger partial charge >= 0.3 is 0 Å². The number of hydrogen-bond donors (Lipinski definition) is 2. The van der Waals surface area contributed by atoms with Gasteiger partial charge in [0.2, 0.25) is 11.8 Å². The van der Waals surface area contributed by atoms with Crippen molar-refractivity contribution >= 4 is 0 Å². The number of rotatable bonds is 4. The maximum atomic E-state index is 9.36. The maximum absolute atomic E-state index is 9.36. The van der Waals surface area contributed by atoms with Crippen LogP contribution in [0.5, 0.6) is 5.75 Å². The van der Waals surface area contributed by atoms with E-state index in [2.05, 4.69) is 15.5 Å². The molecule has 1 aromatic heterocycles. The molecule has 2 rings (SSSR count). The number of phenolic OH excluding ortho intramolecular Hbond substituents is 1. The summed E-state index contributed by atoms with van der Waals surface area (Å²) in [5.74, 6) is 1.14. The first kappa shape index (κ1) is 11.6. The minimum Gasteiger partial charge on any atom is -0.508 e. The van der Waals surface area contributed by atoms with Gasteiger partial charge in [-0.2, -0.15) is 0 Å². The number of phenols is 1. The van der Waals surface area contributed by atoms with Crippen LogP contribution in [-0.2, 0) is 6.54 Å². The summed E-state index contributed by atoms with van der Waals surface area (Å²) in [5, 5.41) is 20.4. The highest BCUT2D eigenvalue weighted by Gasteiger charge is 2.08. The summed E-state index contributed by atoms with van der Waals surface area (Å²) in [6.07, 6.45) is 0. The summed E-state index contributed by atoms with van der Waals surface area (Å²) in [6.45, 7) is 4.64. The van der Waals surface area contributed by atoms with E-state index in [1.807, 2.05) is 19.9 Å². The quantitative estimate of drug-likeness (QED) is 0.844. The topological polar surface area (TPSA) is 71.2 Å². The summed E-state index contributed by atoms with van der Waals surface area (Å²) >= 11 is 0. The molecule has 5 heteroatoms. The molecule has 0 aliphatic rings. The van der Waals surface area contributed by atoms with E-state index in [1.165, 1.54) is 0 Å². The molecule has 90 valence electrons. The molecule has 0 aliphatic carbocycles. The molecular weight excluding hydrogens is 218 g/mol. The zero-order valence-electron chi connectivity index (χ0n) is 9.84. The molecule has 5 nitrogen and oxygen atoms in total. The third-order valence-electron chi connectivity index (χ3n) is 2.22. The van der Waals surface area contributed by atoms with Gasteiger partial charge in [-0.1, -0.05) is 19.9 Å². The number of nitrogens with zero attached hydrogens (tertiary/aromatic N) is 2. The molecule has 0 atom stereocenters. The predicted octanol–water partition coefficient (Wildman–Crippen LogP) is 1.94. The highest BCUT2D eigenvalue weighted by Crippen LogP contribution is 2.21. The van der Waals surface area contributed by atoms with Gasteiger partial charge in [0.05, 0.1) is 6.54 Å². The van der Waals surface area contributed by atoms with Crippen LogP contribution in [0.4, 0.5) is 0 Å². The van der Waals surface area contributed by atoms with Gasteiger partial charge in [0.25, 0.3) is 0 Å². The van der Waals surface area contributed by atoms with Crippen molar-refractivity contribution in [3.8, 4) is 17.2 Å². The van der Waals surface area contributed by atoms with Crippen molar-refractivity contribution in [3.05, 3.63) is 30.2 Å². The molecule has 0 unspecified atom stereocenters. The molecule has 2 N–H and O–H groups in total. The van der Waals surface area contributed by atoms with Gasteiger partial charge in [0, 0.05) is 11.6 Å². The van der Waals surface area contributed by atoms with Crippen LogP contribution in [-0.4, -0.2) is 21.3 Å². The Morgan fingerprint density at radius 3 is 2.88 bits per heavy atom. The lowest BCUT2D eigenvalue weighted by Crippen LogP contribution is -2.21. The zero-order valence-corrected chi connectivity index (χ0v) is 9.84. The average molecular weight is 233 g/mol. The fourth-order valence-electron chi connectivity index (χ4n) is 1.37. The van der Waals surface area contributed by atoms with Gasteiger partial charge in [-0.25, -0.2) is 0 Å². The number of nitrogens with one attached hydrogen (secondary N) is 1. The van der Waals surface area contributed by atoms with Gasteiger partial charge in [-0.15, -0.1) is 10.2 Å². The second kappa shape index (κ2) is 4.97. The second-order valence-electron chi connectivity index (χ2n) is 4.09. The maximum Gasteiger partial charge on any atom is 0.247 e. The minimum absolute atomic E-state index is 0.183. The van der Waals surface area contributed by atoms with Crippen LogP contribution in [0.3, 0.4) is 0 Å². The Morgan fingerprint density at radius 1 is 1.35 bits per heavy atom. The Balaban J connectivity index is 2.12. The lowest BCUT2D eigenvalue weighted by Gasteiger charge is -2.03. The summed E-state index contributed by atoms with van der Waals surface area (Å²) in [4.78, 5) is 0. The molecule has 0 saturated heterocycles. The van der Waals surface area contributed by atoms with E-state index >= 15 is 0 Å². The van der Waals surface area contributed by atoms with Crippen molar-refractivity contribution in [1.29, 1.82) is 0 Å². The zero-order chi connectivity index (χ0) is 12.3. The largest absolute Gasteiger partial charge is 0.508 e. The molecule has 0 bridgehead atoms. The number of aromatic nitrogens is 2. The van der Waals surface area contributed by atoms with E-state index in [0.717, 1.165) is 0 Å². The molecule has 0 saturated carbocycles. The number of benzene rings is 1. The fourth-order valence-corrected chi connectivity index (χ4v) is 1.37. The SMILES string of the molecule is CC(C)NCc1nnc(-c2cccc(O)c2)o1. The summed E-state index contributed by atoms with van der Waals surface area (Å²) in [6, 6.07) is 7.10. The molecule has 0 aliphatic heterocycles. The molecule has 17 heavy (non-hydrogen) atoms. The van der Waals surface area contributed by atoms with Crippen LogP contribution in [0, 0.1) is 0 Å². The van der Waals surface area contributed by atoms with Crippen molar-refractivity contribution in [2.75, 3.05) is 0 Å². The molecule has 1 heterocycles. The number of aromatic hydroxyl groups is 1. The third kappa shape index (κ3) is 3.04. The third-order valence-corrected chi connectivity index (χ3v) is 2.22. The smallest absolute Gasteiger partial charge is 0.247 e. The van der Waals surface area contributed by atoms with E-state index in [9.17, 15) is 5.11 Å². The predicted molar refractivity (Wildman–Crippen MR) is 63.4 cm³/mol. The van der Waals surface area contributed by atoms with Crippen molar-refractivity contribution in [2.24, 2.45) is 0 Å². The van der Waals surface area contributed by atoms with E-state index in [1.54, 1.807) is 18.2 Å². The summed E-state index contributed by atoms with van der Waals surface area (Å²) in [5.41, 5.74) is 0.716. The minimum atomic E-state index is 0.183. The lowest BCUT2D eigenvalue weighted by atomic mass is 10.2. The highest BCUT2D eigenvalue weighted by atomic mass is 16.4. The second-order valence-corrected chi connectivity index (χ2v) is 4.09.